The molecule has 6 nitrogen and oxygen atoms in total. The number of sulfonamides is 1. The van der Waals surface area contributed by atoms with Gasteiger partial charge in [0.25, 0.3) is 0 Å². The molecule has 0 fully saturated rings. The number of hydrogen-bond donors (Lipinski definition) is 3. The molecule has 0 aliphatic heterocycles. The third-order valence-corrected chi connectivity index (χ3v) is 4.92. The summed E-state index contributed by atoms with van der Waals surface area (Å²) in [6, 6.07) is 0. The van der Waals surface area contributed by atoms with Gasteiger partial charge in [0.15, 0.2) is 9.99 Å². The summed E-state index contributed by atoms with van der Waals surface area (Å²) in [4.78, 5) is -0.194. The van der Waals surface area contributed by atoms with Gasteiger partial charge in [-0.2, -0.15) is 4.72 Å². The van der Waals surface area contributed by atoms with E-state index in [4.69, 9.17) is 5.14 Å². The summed E-state index contributed by atoms with van der Waals surface area (Å²) >= 11 is 0. The van der Waals surface area contributed by atoms with Crippen molar-refractivity contribution in [1.29, 1.82) is 0 Å². The van der Waals surface area contributed by atoms with Crippen molar-refractivity contribution in [2.45, 2.75) is 52.4 Å². The third-order valence-electron chi connectivity index (χ3n) is 2.40. The zero-order valence-corrected chi connectivity index (χ0v) is 12.6. The zero-order chi connectivity index (χ0) is 14.2. The fourth-order valence-electron chi connectivity index (χ4n) is 1.36. The Morgan fingerprint density at radius 2 is 1.67 bits per heavy atom. The van der Waals surface area contributed by atoms with E-state index in [0.717, 1.165) is 19.3 Å². The first-order valence-electron chi connectivity index (χ1n) is 6.13. The highest BCUT2D eigenvalue weighted by Gasteiger charge is 2.16. The number of hydrogen-bond acceptors (Lipinski definition) is 3. The molecule has 0 bridgehead atoms. The first kappa shape index (κ1) is 17.8. The Kier molecular flexibility index (Phi) is 8.04. The van der Waals surface area contributed by atoms with E-state index in [9.17, 15) is 17.2 Å². The van der Waals surface area contributed by atoms with Crippen molar-refractivity contribution in [2.24, 2.45) is 5.14 Å². The molecule has 1 unspecified atom stereocenters. The topological polar surface area (TPSA) is 109 Å². The first-order valence-corrected chi connectivity index (χ1v) is 9.36. The fraction of sp³-hybridized carbons (Fsp3) is 0.900. The van der Waals surface area contributed by atoms with E-state index in [0.29, 0.717) is 12.8 Å². The quantitative estimate of drug-likeness (QED) is 0.459. The summed E-state index contributed by atoms with van der Waals surface area (Å²) < 4.78 is 46.2. The van der Waals surface area contributed by atoms with Gasteiger partial charge in [0.2, 0.25) is 10.0 Å². The molecular weight excluding hydrogens is 276 g/mol. The lowest BCUT2D eigenvalue weighted by molar-refractivity contribution is 0.558. The van der Waals surface area contributed by atoms with Crippen LogP contribution >= 0.6 is 0 Å². The molecule has 0 spiro atoms. The number of rotatable bonds is 8. The minimum Gasteiger partial charge on any atom is -0.301 e. The van der Waals surface area contributed by atoms with Gasteiger partial charge in [0.1, 0.15) is 0 Å². The second-order valence-corrected chi connectivity index (χ2v) is 7.70. The van der Waals surface area contributed by atoms with E-state index < -0.39 is 20.0 Å². The summed E-state index contributed by atoms with van der Waals surface area (Å²) in [5.74, 6) is -0.0496. The van der Waals surface area contributed by atoms with Gasteiger partial charge < -0.3 is 4.55 Å². The molecule has 0 aliphatic rings. The molecule has 0 saturated heterocycles. The lowest BCUT2D eigenvalue weighted by Gasteiger charge is -2.11. The third kappa shape index (κ3) is 8.04. The van der Waals surface area contributed by atoms with Gasteiger partial charge >= 0.3 is 0 Å². The lowest BCUT2D eigenvalue weighted by Crippen LogP contribution is -2.39. The molecule has 0 rings (SSSR count). The van der Waals surface area contributed by atoms with E-state index in [-0.39, 0.29) is 17.2 Å². The molecule has 0 radical (unpaired) electrons. The van der Waals surface area contributed by atoms with E-state index >= 15 is 0 Å². The molecule has 8 heteroatoms. The van der Waals surface area contributed by atoms with Crippen molar-refractivity contribution in [3.63, 3.8) is 0 Å². The normalized spacial score (nSPS) is 15.3. The molecule has 1 atom stereocenters. The van der Waals surface area contributed by atoms with Gasteiger partial charge in [-0.05, 0) is 19.3 Å². The predicted molar refractivity (Wildman–Crippen MR) is 75.9 cm³/mol. The molecule has 0 aromatic heterocycles. The summed E-state index contributed by atoms with van der Waals surface area (Å²) in [6.45, 7) is 3.88. The Bertz CT molecular complexity index is 442. The Morgan fingerprint density at radius 1 is 1.11 bits per heavy atom. The first-order chi connectivity index (χ1) is 8.23. The van der Waals surface area contributed by atoms with Crippen LogP contribution in [0.5, 0.6) is 0 Å². The summed E-state index contributed by atoms with van der Waals surface area (Å²) in [7, 11) is -7.30. The van der Waals surface area contributed by atoms with Crippen molar-refractivity contribution < 1.29 is 17.2 Å². The van der Waals surface area contributed by atoms with Crippen molar-refractivity contribution in [1.82, 2.24) is 4.72 Å². The minimum atomic E-state index is -3.72. The molecule has 0 aliphatic carbocycles. The van der Waals surface area contributed by atoms with E-state index in [1.165, 1.54) is 0 Å². The summed E-state index contributed by atoms with van der Waals surface area (Å²) in [5.41, 5.74) is 0. The molecular formula is C10H24N2O4S2. The average molecular weight is 300 g/mol. The van der Waals surface area contributed by atoms with E-state index in [1.807, 2.05) is 13.8 Å². The van der Waals surface area contributed by atoms with Gasteiger partial charge in [-0.15, -0.1) is 0 Å². The van der Waals surface area contributed by atoms with Crippen LogP contribution in [0.3, 0.4) is 0 Å². The number of nitrogens with two attached hydrogens (primary N) is 1. The monoisotopic (exact) mass is 300 g/mol. The Morgan fingerprint density at radius 3 is 2.11 bits per heavy atom. The number of unbranched alkanes of at least 4 members (excludes halogenated alkanes) is 3. The van der Waals surface area contributed by atoms with Crippen LogP contribution in [0.4, 0.5) is 0 Å². The molecule has 18 heavy (non-hydrogen) atoms. The van der Waals surface area contributed by atoms with Gasteiger partial charge in [-0.3, -0.25) is 0 Å². The van der Waals surface area contributed by atoms with Gasteiger partial charge in [0.05, 0.1) is 10.7 Å². The highest BCUT2D eigenvalue weighted by Crippen LogP contribution is 2.02. The van der Waals surface area contributed by atoms with Crippen LogP contribution < -0.4 is 9.86 Å². The standard InChI is InChI=1S/C10H24N2O4S2/c1-3-5-7-9-17(13,14)12-10(8-6-4-2)18(11,15)16/h12H,3-9H2,1-2H3,(H3,11,15,16). The SMILES string of the molecule is CCCCCS(=O)(=O)NC(CCCC)=S(N)(=O)O. The number of nitrogens with one attached hydrogen (secondary N) is 1. The Labute approximate surface area is 110 Å². The molecule has 4 N–H and O–H groups in total. The van der Waals surface area contributed by atoms with Crippen molar-refractivity contribution in [3.05, 3.63) is 0 Å². The van der Waals surface area contributed by atoms with Crippen LogP contribution in [0.15, 0.2) is 0 Å². The second-order valence-electron chi connectivity index (χ2n) is 4.22. The molecule has 0 saturated carbocycles. The lowest BCUT2D eigenvalue weighted by atomic mass is 10.2. The van der Waals surface area contributed by atoms with Crippen molar-refractivity contribution in [3.8, 4) is 0 Å². The Balaban J connectivity index is 4.75. The molecule has 0 amide bonds. The van der Waals surface area contributed by atoms with Crippen LogP contribution in [0.25, 0.3) is 0 Å². The molecule has 110 valence electrons. The fourth-order valence-corrected chi connectivity index (χ4v) is 3.79. The average Bonchev–Trinajstić information content (AvgIpc) is 2.22. The van der Waals surface area contributed by atoms with Gasteiger partial charge in [-0.1, -0.05) is 33.1 Å². The largest absolute Gasteiger partial charge is 0.301 e. The zero-order valence-electron chi connectivity index (χ0n) is 11.0. The maximum Gasteiger partial charge on any atom is 0.216 e. The second kappa shape index (κ2) is 8.11. The summed E-state index contributed by atoms with van der Waals surface area (Å²) in [5, 5.41) is 5.10. The van der Waals surface area contributed by atoms with Crippen LogP contribution in [0.2, 0.25) is 0 Å². The molecule has 0 aromatic carbocycles. The molecule has 0 aromatic rings. The maximum atomic E-state index is 11.7. The van der Waals surface area contributed by atoms with Crippen LogP contribution in [0, 0.1) is 0 Å². The summed E-state index contributed by atoms with van der Waals surface area (Å²) in [6.07, 6.45) is 3.84. The highest BCUT2D eigenvalue weighted by atomic mass is 32.2. The predicted octanol–water partition coefficient (Wildman–Crippen LogP) is 1.05. The van der Waals surface area contributed by atoms with Crippen molar-refractivity contribution >= 4 is 25.0 Å². The molecule has 0 heterocycles. The van der Waals surface area contributed by atoms with E-state index in [1.54, 1.807) is 0 Å². The van der Waals surface area contributed by atoms with E-state index in [2.05, 4.69) is 4.72 Å². The smallest absolute Gasteiger partial charge is 0.216 e. The van der Waals surface area contributed by atoms with Gasteiger partial charge in [-0.25, -0.2) is 17.8 Å². The highest BCUT2D eigenvalue weighted by molar-refractivity contribution is 7.97. The van der Waals surface area contributed by atoms with Crippen LogP contribution in [-0.4, -0.2) is 27.9 Å². The Hall–Kier alpha value is -0.150. The van der Waals surface area contributed by atoms with Crippen molar-refractivity contribution in [2.75, 3.05) is 5.75 Å². The van der Waals surface area contributed by atoms with Crippen LogP contribution in [-0.2, 0) is 20.0 Å². The maximum absolute atomic E-state index is 11.7. The minimum absolute atomic E-state index is 0.0496. The van der Waals surface area contributed by atoms with Crippen LogP contribution in [0.1, 0.15) is 52.4 Å². The van der Waals surface area contributed by atoms with Gasteiger partial charge in [0, 0.05) is 0 Å².